The Hall–Kier alpha value is -1.22. The molecule has 0 spiro atoms. The zero-order valence-electron chi connectivity index (χ0n) is 11.9. The lowest BCUT2D eigenvalue weighted by atomic mass is 10.0. The van der Waals surface area contributed by atoms with Gasteiger partial charge in [0.2, 0.25) is 0 Å². The average molecular weight is 283 g/mol. The van der Waals surface area contributed by atoms with Crippen LogP contribution in [-0.2, 0) is 0 Å². The Labute approximate surface area is 120 Å². The Morgan fingerprint density at radius 3 is 2.37 bits per heavy atom. The zero-order valence-corrected chi connectivity index (χ0v) is 12.6. The van der Waals surface area contributed by atoms with Gasteiger partial charge in [-0.15, -0.1) is 11.6 Å². The number of amides is 2. The van der Waals surface area contributed by atoms with Gasteiger partial charge in [0.15, 0.2) is 0 Å². The summed E-state index contributed by atoms with van der Waals surface area (Å²) in [4.78, 5) is 11.8. The summed E-state index contributed by atoms with van der Waals surface area (Å²) in [5, 5.41) is 5.69. The molecule has 2 amide bonds. The summed E-state index contributed by atoms with van der Waals surface area (Å²) in [6.07, 6.45) is 1.89. The van der Waals surface area contributed by atoms with Crippen molar-refractivity contribution in [3.05, 3.63) is 29.8 Å². The van der Waals surface area contributed by atoms with E-state index in [2.05, 4.69) is 31.4 Å². The summed E-state index contributed by atoms with van der Waals surface area (Å²) in [5.41, 5.74) is 2.06. The van der Waals surface area contributed by atoms with Crippen LogP contribution in [-0.4, -0.2) is 18.0 Å². The van der Waals surface area contributed by atoms with Crippen LogP contribution in [0.3, 0.4) is 0 Å². The molecule has 0 fully saturated rings. The average Bonchev–Trinajstić information content (AvgIpc) is 2.38. The van der Waals surface area contributed by atoms with Crippen molar-refractivity contribution in [3.63, 3.8) is 0 Å². The van der Waals surface area contributed by atoms with E-state index in [1.807, 2.05) is 24.3 Å². The van der Waals surface area contributed by atoms with E-state index in [4.69, 9.17) is 11.6 Å². The van der Waals surface area contributed by atoms with E-state index in [1.165, 1.54) is 5.56 Å². The second-order valence-corrected chi connectivity index (χ2v) is 5.32. The van der Waals surface area contributed by atoms with Gasteiger partial charge in [-0.3, -0.25) is 0 Å². The second kappa shape index (κ2) is 8.05. The van der Waals surface area contributed by atoms with Crippen LogP contribution in [0.2, 0.25) is 0 Å². The highest BCUT2D eigenvalue weighted by atomic mass is 35.5. The Kier molecular flexibility index (Phi) is 6.71. The third-order valence-electron chi connectivity index (χ3n) is 2.99. The van der Waals surface area contributed by atoms with Crippen molar-refractivity contribution in [2.45, 2.75) is 45.6 Å². The molecule has 0 aromatic heterocycles. The van der Waals surface area contributed by atoms with Crippen LogP contribution in [0.25, 0.3) is 0 Å². The lowest BCUT2D eigenvalue weighted by Gasteiger charge is -2.16. The van der Waals surface area contributed by atoms with Crippen molar-refractivity contribution in [3.8, 4) is 0 Å². The van der Waals surface area contributed by atoms with Gasteiger partial charge < -0.3 is 10.6 Å². The van der Waals surface area contributed by atoms with Crippen LogP contribution < -0.4 is 10.6 Å². The molecule has 0 radical (unpaired) electrons. The summed E-state index contributed by atoms with van der Waals surface area (Å²) in [7, 11) is 0. The van der Waals surface area contributed by atoms with Crippen LogP contribution in [0.4, 0.5) is 10.5 Å². The van der Waals surface area contributed by atoms with Crippen LogP contribution in [0, 0.1) is 0 Å². The van der Waals surface area contributed by atoms with Crippen LogP contribution >= 0.6 is 11.6 Å². The van der Waals surface area contributed by atoms with E-state index in [1.54, 1.807) is 0 Å². The topological polar surface area (TPSA) is 41.1 Å². The SMILES string of the molecule is CCCC(CCl)NC(=O)Nc1ccc(C(C)C)cc1. The molecule has 0 aliphatic carbocycles. The first-order valence-electron chi connectivity index (χ1n) is 6.80. The lowest BCUT2D eigenvalue weighted by Crippen LogP contribution is -2.39. The molecule has 2 N–H and O–H groups in total. The molecule has 0 saturated heterocycles. The fraction of sp³-hybridized carbons (Fsp3) is 0.533. The summed E-state index contributed by atoms with van der Waals surface area (Å²) in [5.74, 6) is 0.932. The quantitative estimate of drug-likeness (QED) is 0.749. The number of rotatable bonds is 6. The van der Waals surface area contributed by atoms with E-state index in [-0.39, 0.29) is 12.1 Å². The third-order valence-corrected chi connectivity index (χ3v) is 3.37. The number of alkyl halides is 1. The second-order valence-electron chi connectivity index (χ2n) is 5.02. The molecule has 19 heavy (non-hydrogen) atoms. The first kappa shape index (κ1) is 15.8. The molecule has 1 aromatic carbocycles. The number of benzene rings is 1. The van der Waals surface area contributed by atoms with Crippen molar-refractivity contribution in [2.75, 3.05) is 11.2 Å². The molecule has 0 saturated carbocycles. The molecule has 1 rings (SSSR count). The number of carbonyl (C=O) groups excluding carboxylic acids is 1. The Balaban J connectivity index is 2.52. The maximum absolute atomic E-state index is 11.8. The molecule has 1 aromatic rings. The molecule has 3 nitrogen and oxygen atoms in total. The third kappa shape index (κ3) is 5.52. The first-order valence-corrected chi connectivity index (χ1v) is 7.33. The number of hydrogen-bond donors (Lipinski definition) is 2. The van der Waals surface area contributed by atoms with Gasteiger partial charge in [-0.25, -0.2) is 4.79 Å². The van der Waals surface area contributed by atoms with Gasteiger partial charge in [-0.05, 0) is 30.0 Å². The Morgan fingerprint density at radius 1 is 1.26 bits per heavy atom. The smallest absolute Gasteiger partial charge is 0.319 e. The van der Waals surface area contributed by atoms with Crippen molar-refractivity contribution in [2.24, 2.45) is 0 Å². The standard InChI is InChI=1S/C15H23ClN2O/c1-4-5-14(10-16)18-15(19)17-13-8-6-12(7-9-13)11(2)3/h6-9,11,14H,4-5,10H2,1-3H3,(H2,17,18,19). The van der Waals surface area contributed by atoms with Crippen LogP contribution in [0.1, 0.15) is 45.1 Å². The zero-order chi connectivity index (χ0) is 14.3. The minimum atomic E-state index is -0.198. The molecule has 106 valence electrons. The monoisotopic (exact) mass is 282 g/mol. The molecule has 4 heteroatoms. The minimum absolute atomic E-state index is 0.0293. The predicted molar refractivity (Wildman–Crippen MR) is 82.1 cm³/mol. The number of anilines is 1. The van der Waals surface area contributed by atoms with Gasteiger partial charge in [0, 0.05) is 17.6 Å². The van der Waals surface area contributed by atoms with Crippen molar-refractivity contribution < 1.29 is 4.79 Å². The number of nitrogens with one attached hydrogen (secondary N) is 2. The molecular weight excluding hydrogens is 260 g/mol. The van der Waals surface area contributed by atoms with E-state index >= 15 is 0 Å². The van der Waals surface area contributed by atoms with Gasteiger partial charge in [0.1, 0.15) is 0 Å². The molecule has 0 aliphatic rings. The van der Waals surface area contributed by atoms with Gasteiger partial charge in [0.05, 0.1) is 0 Å². The molecule has 0 heterocycles. The van der Waals surface area contributed by atoms with Gasteiger partial charge in [-0.1, -0.05) is 39.3 Å². The highest BCUT2D eigenvalue weighted by Crippen LogP contribution is 2.17. The molecule has 1 atom stereocenters. The normalized spacial score (nSPS) is 12.3. The van der Waals surface area contributed by atoms with E-state index in [0.29, 0.717) is 11.8 Å². The fourth-order valence-electron chi connectivity index (χ4n) is 1.84. The number of hydrogen-bond acceptors (Lipinski definition) is 1. The fourth-order valence-corrected chi connectivity index (χ4v) is 2.07. The summed E-state index contributed by atoms with van der Waals surface area (Å²) < 4.78 is 0. The first-order chi connectivity index (χ1) is 9.06. The summed E-state index contributed by atoms with van der Waals surface area (Å²) in [6, 6.07) is 7.74. The van der Waals surface area contributed by atoms with Gasteiger partial charge in [-0.2, -0.15) is 0 Å². The Morgan fingerprint density at radius 2 is 1.89 bits per heavy atom. The van der Waals surface area contributed by atoms with Gasteiger partial charge in [0.25, 0.3) is 0 Å². The van der Waals surface area contributed by atoms with Gasteiger partial charge >= 0.3 is 6.03 Å². The summed E-state index contributed by atoms with van der Waals surface area (Å²) in [6.45, 7) is 6.36. The van der Waals surface area contributed by atoms with Crippen molar-refractivity contribution in [1.29, 1.82) is 0 Å². The summed E-state index contributed by atoms with van der Waals surface area (Å²) >= 11 is 5.81. The largest absolute Gasteiger partial charge is 0.334 e. The van der Waals surface area contributed by atoms with Crippen molar-refractivity contribution in [1.82, 2.24) is 5.32 Å². The lowest BCUT2D eigenvalue weighted by molar-refractivity contribution is 0.248. The molecular formula is C15H23ClN2O. The molecule has 0 aliphatic heterocycles. The number of carbonyl (C=O) groups is 1. The highest BCUT2D eigenvalue weighted by molar-refractivity contribution is 6.18. The highest BCUT2D eigenvalue weighted by Gasteiger charge is 2.10. The van der Waals surface area contributed by atoms with Crippen molar-refractivity contribution >= 4 is 23.3 Å². The minimum Gasteiger partial charge on any atom is -0.334 e. The van der Waals surface area contributed by atoms with E-state index < -0.39 is 0 Å². The maximum Gasteiger partial charge on any atom is 0.319 e. The Bertz CT molecular complexity index is 390. The van der Waals surface area contributed by atoms with E-state index in [0.717, 1.165) is 18.5 Å². The van der Waals surface area contributed by atoms with Crippen LogP contribution in [0.5, 0.6) is 0 Å². The maximum atomic E-state index is 11.8. The molecule has 0 bridgehead atoms. The van der Waals surface area contributed by atoms with Crippen LogP contribution in [0.15, 0.2) is 24.3 Å². The predicted octanol–water partition coefficient (Wildman–Crippen LogP) is 4.34. The molecule has 1 unspecified atom stereocenters. The number of halogens is 1. The number of urea groups is 1. The van der Waals surface area contributed by atoms with E-state index in [9.17, 15) is 4.79 Å².